The maximum absolute atomic E-state index is 12.4. The summed E-state index contributed by atoms with van der Waals surface area (Å²) < 4.78 is 7.80. The number of carbonyl (C=O) groups excluding carboxylic acids is 1. The van der Waals surface area contributed by atoms with E-state index < -0.39 is 0 Å². The summed E-state index contributed by atoms with van der Waals surface area (Å²) in [6, 6.07) is 5.74. The molecular formula is C17H23N5O2. The zero-order chi connectivity index (χ0) is 16.9. The van der Waals surface area contributed by atoms with E-state index in [1.54, 1.807) is 18.6 Å². The molecular weight excluding hydrogens is 306 g/mol. The number of carbonyl (C=O) groups is 1. The lowest BCUT2D eigenvalue weighted by Crippen LogP contribution is -2.44. The van der Waals surface area contributed by atoms with Crippen molar-refractivity contribution in [3.8, 4) is 5.75 Å². The smallest absolute Gasteiger partial charge is 0.317 e. The molecule has 3 heterocycles. The van der Waals surface area contributed by atoms with Crippen molar-refractivity contribution in [2.45, 2.75) is 33.0 Å². The van der Waals surface area contributed by atoms with E-state index in [0.717, 1.165) is 18.0 Å². The maximum atomic E-state index is 12.4. The molecule has 2 amide bonds. The first-order valence-corrected chi connectivity index (χ1v) is 8.21. The number of hydrogen-bond acceptors (Lipinski definition) is 4. The fourth-order valence-electron chi connectivity index (χ4n) is 2.78. The number of fused-ring (bicyclic) bond motifs is 1. The highest BCUT2D eigenvalue weighted by molar-refractivity contribution is 5.74. The van der Waals surface area contributed by atoms with Gasteiger partial charge in [0, 0.05) is 37.4 Å². The summed E-state index contributed by atoms with van der Waals surface area (Å²) in [6.45, 7) is 6.35. The topological polar surface area (TPSA) is 72.3 Å². The maximum Gasteiger partial charge on any atom is 0.317 e. The van der Waals surface area contributed by atoms with E-state index >= 15 is 0 Å². The molecule has 0 spiro atoms. The summed E-state index contributed by atoms with van der Waals surface area (Å²) in [5.41, 5.74) is 1.04. The van der Waals surface area contributed by atoms with Crippen molar-refractivity contribution in [1.82, 2.24) is 25.0 Å². The van der Waals surface area contributed by atoms with Crippen LogP contribution >= 0.6 is 0 Å². The number of urea groups is 1. The summed E-state index contributed by atoms with van der Waals surface area (Å²) in [5.74, 6) is 0.893. The number of nitrogens with zero attached hydrogens (tertiary/aromatic N) is 4. The van der Waals surface area contributed by atoms with Crippen molar-refractivity contribution in [3.05, 3.63) is 42.5 Å². The quantitative estimate of drug-likeness (QED) is 0.930. The Morgan fingerprint density at radius 1 is 1.38 bits per heavy atom. The molecule has 0 bridgehead atoms. The molecule has 7 nitrogen and oxygen atoms in total. The fraction of sp³-hybridized carbons (Fsp3) is 0.471. The Labute approximate surface area is 141 Å². The lowest BCUT2D eigenvalue weighted by molar-refractivity contribution is 0.163. The lowest BCUT2D eigenvalue weighted by Gasteiger charge is -2.25. The Balaban J connectivity index is 1.70. The molecule has 1 aliphatic rings. The third-order valence-corrected chi connectivity index (χ3v) is 3.89. The molecule has 3 rings (SSSR count). The first kappa shape index (κ1) is 16.3. The Morgan fingerprint density at radius 2 is 2.25 bits per heavy atom. The van der Waals surface area contributed by atoms with E-state index in [9.17, 15) is 4.79 Å². The number of rotatable bonds is 4. The van der Waals surface area contributed by atoms with Gasteiger partial charge in [0.25, 0.3) is 0 Å². The Hall–Kier alpha value is -2.57. The van der Waals surface area contributed by atoms with Gasteiger partial charge in [0.05, 0.1) is 25.0 Å². The minimum absolute atomic E-state index is 0.0500. The molecule has 128 valence electrons. The van der Waals surface area contributed by atoms with Gasteiger partial charge in [0.2, 0.25) is 0 Å². The van der Waals surface area contributed by atoms with E-state index in [4.69, 9.17) is 4.74 Å². The zero-order valence-electron chi connectivity index (χ0n) is 14.1. The van der Waals surface area contributed by atoms with Gasteiger partial charge in [-0.25, -0.2) is 4.79 Å². The summed E-state index contributed by atoms with van der Waals surface area (Å²) in [6.07, 6.45) is 5.18. The molecule has 0 aliphatic carbocycles. The van der Waals surface area contributed by atoms with Crippen LogP contribution in [0, 0.1) is 5.92 Å². The van der Waals surface area contributed by atoms with Crippen molar-refractivity contribution in [2.75, 3.05) is 13.2 Å². The monoisotopic (exact) mass is 329 g/mol. The molecule has 1 atom stereocenters. The second kappa shape index (κ2) is 7.33. The van der Waals surface area contributed by atoms with Gasteiger partial charge in [-0.15, -0.1) is 0 Å². The molecule has 1 aliphatic heterocycles. The van der Waals surface area contributed by atoms with Gasteiger partial charge in [-0.3, -0.25) is 9.67 Å². The summed E-state index contributed by atoms with van der Waals surface area (Å²) >= 11 is 0. The minimum Gasteiger partial charge on any atom is -0.492 e. The average molecular weight is 329 g/mol. The summed E-state index contributed by atoms with van der Waals surface area (Å²) in [7, 11) is 0. The molecule has 1 N–H and O–H groups in total. The molecule has 7 heteroatoms. The second-order valence-electron chi connectivity index (χ2n) is 6.36. The van der Waals surface area contributed by atoms with Crippen LogP contribution in [0.1, 0.15) is 19.5 Å². The number of aromatic nitrogens is 3. The van der Waals surface area contributed by atoms with Crippen molar-refractivity contribution in [2.24, 2.45) is 5.92 Å². The van der Waals surface area contributed by atoms with Crippen molar-refractivity contribution in [1.29, 1.82) is 0 Å². The van der Waals surface area contributed by atoms with Crippen molar-refractivity contribution >= 4 is 6.03 Å². The van der Waals surface area contributed by atoms with Crippen molar-refractivity contribution < 1.29 is 9.53 Å². The fourth-order valence-corrected chi connectivity index (χ4v) is 2.78. The second-order valence-corrected chi connectivity index (χ2v) is 6.36. The Kier molecular flexibility index (Phi) is 4.98. The van der Waals surface area contributed by atoms with Crippen LogP contribution < -0.4 is 10.1 Å². The van der Waals surface area contributed by atoms with Crippen LogP contribution in [-0.4, -0.2) is 44.9 Å². The summed E-state index contributed by atoms with van der Waals surface area (Å²) in [5, 5.41) is 7.33. The van der Waals surface area contributed by atoms with Gasteiger partial charge < -0.3 is 15.0 Å². The largest absolute Gasteiger partial charge is 0.492 e. The third kappa shape index (κ3) is 4.04. The standard InChI is InChI=1S/C17H23N5O2/c1-13(2)20-17(23)21-9-14(10-22-15(11-21)5-7-19-22)12-24-16-4-3-6-18-8-16/h3-8,13-14H,9-12H2,1-2H3,(H,20,23). The first-order valence-electron chi connectivity index (χ1n) is 8.21. The highest BCUT2D eigenvalue weighted by Gasteiger charge is 2.26. The number of ether oxygens (including phenoxy) is 1. The highest BCUT2D eigenvalue weighted by atomic mass is 16.5. The normalized spacial score (nSPS) is 17.3. The van der Waals surface area contributed by atoms with E-state index in [0.29, 0.717) is 19.7 Å². The molecule has 0 saturated carbocycles. The van der Waals surface area contributed by atoms with Crippen LogP contribution in [0.3, 0.4) is 0 Å². The lowest BCUT2D eigenvalue weighted by atomic mass is 10.1. The summed E-state index contributed by atoms with van der Waals surface area (Å²) in [4.78, 5) is 18.3. The molecule has 0 aromatic carbocycles. The number of hydrogen-bond donors (Lipinski definition) is 1. The van der Waals surface area contributed by atoms with Crippen molar-refractivity contribution in [3.63, 3.8) is 0 Å². The minimum atomic E-state index is -0.0500. The van der Waals surface area contributed by atoms with Crippen LogP contribution in [0.4, 0.5) is 4.79 Å². The van der Waals surface area contributed by atoms with Gasteiger partial charge >= 0.3 is 6.03 Å². The first-order chi connectivity index (χ1) is 11.6. The molecule has 0 saturated heterocycles. The molecule has 0 radical (unpaired) electrons. The highest BCUT2D eigenvalue weighted by Crippen LogP contribution is 2.17. The van der Waals surface area contributed by atoms with Crippen LogP contribution in [0.5, 0.6) is 5.75 Å². The molecule has 24 heavy (non-hydrogen) atoms. The van der Waals surface area contributed by atoms with Crippen LogP contribution in [0.2, 0.25) is 0 Å². The van der Waals surface area contributed by atoms with E-state index in [1.807, 2.05) is 41.6 Å². The molecule has 1 unspecified atom stereocenters. The van der Waals surface area contributed by atoms with Gasteiger partial charge in [-0.2, -0.15) is 5.10 Å². The third-order valence-electron chi connectivity index (χ3n) is 3.89. The predicted octanol–water partition coefficient (Wildman–Crippen LogP) is 1.91. The average Bonchev–Trinajstić information content (AvgIpc) is 2.91. The van der Waals surface area contributed by atoms with Crippen LogP contribution in [-0.2, 0) is 13.1 Å². The number of nitrogens with one attached hydrogen (secondary N) is 1. The van der Waals surface area contributed by atoms with E-state index in [2.05, 4.69) is 15.4 Å². The van der Waals surface area contributed by atoms with Crippen LogP contribution in [0.25, 0.3) is 0 Å². The molecule has 2 aromatic heterocycles. The van der Waals surface area contributed by atoms with E-state index in [1.165, 1.54) is 0 Å². The van der Waals surface area contributed by atoms with Gasteiger partial charge in [-0.05, 0) is 32.0 Å². The van der Waals surface area contributed by atoms with Gasteiger partial charge in [0.15, 0.2) is 0 Å². The number of pyridine rings is 1. The zero-order valence-corrected chi connectivity index (χ0v) is 14.1. The van der Waals surface area contributed by atoms with Crippen LogP contribution in [0.15, 0.2) is 36.8 Å². The van der Waals surface area contributed by atoms with E-state index in [-0.39, 0.29) is 18.0 Å². The van der Waals surface area contributed by atoms with Gasteiger partial charge in [0.1, 0.15) is 5.75 Å². The predicted molar refractivity (Wildman–Crippen MR) is 89.5 cm³/mol. The Bertz CT molecular complexity index is 671. The Morgan fingerprint density at radius 3 is 3.00 bits per heavy atom. The molecule has 0 fully saturated rings. The SMILES string of the molecule is CC(C)NC(=O)N1Cc2ccnn2CC(COc2cccnc2)C1. The van der Waals surface area contributed by atoms with Gasteiger partial charge in [-0.1, -0.05) is 0 Å². The number of amides is 2. The molecule has 2 aromatic rings.